The van der Waals surface area contributed by atoms with E-state index >= 15 is 0 Å². The molecule has 84 valence electrons. The molecule has 0 radical (unpaired) electrons. The Morgan fingerprint density at radius 1 is 1.20 bits per heavy atom. The third kappa shape index (κ3) is 4.88. The van der Waals surface area contributed by atoms with Gasteiger partial charge in [0.2, 0.25) is 0 Å². The predicted octanol–water partition coefficient (Wildman–Crippen LogP) is 2.54. The third-order valence-corrected chi connectivity index (χ3v) is 3.33. The smallest absolute Gasteiger partial charge is 0.338 e. The first kappa shape index (κ1) is 12.1. The maximum atomic E-state index is 11.5. The summed E-state index contributed by atoms with van der Waals surface area (Å²) in [7, 11) is -0.579. The molecular weight excluding hydrogens is 208 g/mol. The van der Waals surface area contributed by atoms with Crippen LogP contribution in [-0.2, 0) is 4.74 Å². The lowest BCUT2D eigenvalue weighted by Crippen LogP contribution is -2.12. The van der Waals surface area contributed by atoms with Crippen molar-refractivity contribution in [2.75, 3.05) is 31.1 Å². The van der Waals surface area contributed by atoms with Gasteiger partial charge in [-0.3, -0.25) is 0 Å². The Bertz CT molecular complexity index is 314. The Balaban J connectivity index is 2.38. The summed E-state index contributed by atoms with van der Waals surface area (Å²) in [5.41, 5.74) is 0.626. The summed E-state index contributed by atoms with van der Waals surface area (Å²) in [4.78, 5) is 11.5. The van der Waals surface area contributed by atoms with Crippen LogP contribution >= 0.6 is 10.0 Å². The van der Waals surface area contributed by atoms with Crippen LogP contribution in [0.15, 0.2) is 30.3 Å². The Labute approximate surface area is 93.0 Å². The molecular formula is C12H18O2S. The van der Waals surface area contributed by atoms with Gasteiger partial charge in [-0.2, -0.15) is 0 Å². The van der Waals surface area contributed by atoms with Gasteiger partial charge < -0.3 is 4.74 Å². The molecule has 0 aliphatic heterocycles. The molecule has 0 aliphatic carbocycles. The molecule has 0 spiro atoms. The van der Waals surface area contributed by atoms with Crippen molar-refractivity contribution in [1.82, 2.24) is 0 Å². The van der Waals surface area contributed by atoms with Gasteiger partial charge in [0, 0.05) is 5.75 Å². The van der Waals surface area contributed by atoms with Gasteiger partial charge in [-0.1, -0.05) is 18.2 Å². The van der Waals surface area contributed by atoms with Crippen LogP contribution < -0.4 is 0 Å². The van der Waals surface area contributed by atoms with Crippen LogP contribution in [0.5, 0.6) is 0 Å². The summed E-state index contributed by atoms with van der Waals surface area (Å²) in [6.45, 7) is 0.520. The van der Waals surface area contributed by atoms with E-state index in [2.05, 4.69) is 18.8 Å². The normalized spacial score (nSPS) is 12.2. The van der Waals surface area contributed by atoms with Gasteiger partial charge in [0.05, 0.1) is 12.2 Å². The van der Waals surface area contributed by atoms with E-state index in [1.807, 2.05) is 18.2 Å². The van der Waals surface area contributed by atoms with Crippen LogP contribution in [0.1, 0.15) is 10.4 Å². The van der Waals surface area contributed by atoms with Gasteiger partial charge in [0.25, 0.3) is 0 Å². The fourth-order valence-corrected chi connectivity index (χ4v) is 1.63. The predicted molar refractivity (Wildman–Crippen MR) is 67.0 cm³/mol. The van der Waals surface area contributed by atoms with Gasteiger partial charge in [-0.05, 0) is 30.9 Å². The minimum Gasteiger partial charge on any atom is -0.461 e. The van der Waals surface area contributed by atoms with Gasteiger partial charge in [0.15, 0.2) is 0 Å². The van der Waals surface area contributed by atoms with E-state index in [9.17, 15) is 4.79 Å². The lowest BCUT2D eigenvalue weighted by molar-refractivity contribution is 0.0530. The number of hydrogen-bond donors (Lipinski definition) is 0. The van der Waals surface area contributed by atoms with Crippen molar-refractivity contribution < 1.29 is 9.53 Å². The molecule has 0 aromatic heterocycles. The number of hydrogen-bond acceptors (Lipinski definition) is 2. The molecule has 0 unspecified atom stereocenters. The first-order valence-corrected chi connectivity index (χ1v) is 7.90. The number of benzene rings is 1. The highest BCUT2D eigenvalue weighted by molar-refractivity contribution is 8.32. The summed E-state index contributed by atoms with van der Waals surface area (Å²) >= 11 is 0. The van der Waals surface area contributed by atoms with Crippen molar-refractivity contribution in [2.45, 2.75) is 0 Å². The van der Waals surface area contributed by atoms with E-state index in [-0.39, 0.29) is 5.97 Å². The van der Waals surface area contributed by atoms with Crippen molar-refractivity contribution >= 4 is 16.0 Å². The van der Waals surface area contributed by atoms with Crippen molar-refractivity contribution in [2.24, 2.45) is 0 Å². The molecule has 15 heavy (non-hydrogen) atoms. The fraction of sp³-hybridized carbons (Fsp3) is 0.417. The molecule has 0 bridgehead atoms. The van der Waals surface area contributed by atoms with Crippen LogP contribution in [-0.4, -0.2) is 37.1 Å². The number of carbonyl (C=O) groups is 1. The van der Waals surface area contributed by atoms with E-state index in [1.165, 1.54) is 0 Å². The van der Waals surface area contributed by atoms with Crippen LogP contribution in [0, 0.1) is 0 Å². The van der Waals surface area contributed by atoms with Crippen molar-refractivity contribution in [3.8, 4) is 0 Å². The Hall–Kier alpha value is -0.960. The van der Waals surface area contributed by atoms with Gasteiger partial charge >= 0.3 is 5.97 Å². The van der Waals surface area contributed by atoms with Gasteiger partial charge in [-0.25, -0.2) is 14.8 Å². The minimum atomic E-state index is -0.579. The van der Waals surface area contributed by atoms with Crippen LogP contribution in [0.4, 0.5) is 0 Å². The van der Waals surface area contributed by atoms with E-state index in [4.69, 9.17) is 4.74 Å². The lowest BCUT2D eigenvalue weighted by atomic mass is 10.2. The highest BCUT2D eigenvalue weighted by Gasteiger charge is 2.08. The fourth-order valence-electron chi connectivity index (χ4n) is 1.04. The lowest BCUT2D eigenvalue weighted by Gasteiger charge is -2.24. The molecule has 0 N–H and O–H groups in total. The van der Waals surface area contributed by atoms with Crippen molar-refractivity contribution in [1.29, 1.82) is 0 Å². The second-order valence-corrected chi connectivity index (χ2v) is 8.89. The summed E-state index contributed by atoms with van der Waals surface area (Å²) in [6.07, 6.45) is 6.63. The number of ether oxygens (including phenoxy) is 1. The SMILES string of the molecule is CS(C)(C)CCOC(=O)c1ccccc1. The standard InChI is InChI=1S/C12H18O2S/c1-15(2,3)10-9-14-12(13)11-7-5-4-6-8-11/h4-8H,9-10H2,1-3H3. The average molecular weight is 226 g/mol. The quantitative estimate of drug-likeness (QED) is 0.737. The third-order valence-electron chi connectivity index (χ3n) is 1.94. The monoisotopic (exact) mass is 226 g/mol. The van der Waals surface area contributed by atoms with E-state index in [1.54, 1.807) is 12.1 Å². The number of esters is 1. The first-order chi connectivity index (χ1) is 6.99. The number of rotatable bonds is 4. The molecule has 1 rings (SSSR count). The summed E-state index contributed by atoms with van der Waals surface area (Å²) in [5.74, 6) is 0.741. The maximum Gasteiger partial charge on any atom is 0.338 e. The topological polar surface area (TPSA) is 26.3 Å². The van der Waals surface area contributed by atoms with Crippen LogP contribution in [0.2, 0.25) is 0 Å². The zero-order chi connectivity index (χ0) is 11.3. The van der Waals surface area contributed by atoms with E-state index < -0.39 is 10.0 Å². The second kappa shape index (κ2) is 5.21. The molecule has 0 saturated carbocycles. The Kier molecular flexibility index (Phi) is 4.21. The summed E-state index contributed by atoms with van der Waals surface area (Å²) in [5, 5.41) is 0. The summed E-state index contributed by atoms with van der Waals surface area (Å²) < 4.78 is 5.19. The van der Waals surface area contributed by atoms with E-state index in [0.717, 1.165) is 5.75 Å². The molecule has 0 heterocycles. The molecule has 0 saturated heterocycles. The van der Waals surface area contributed by atoms with Crippen LogP contribution in [0.25, 0.3) is 0 Å². The molecule has 3 heteroatoms. The largest absolute Gasteiger partial charge is 0.461 e. The highest BCUT2D eigenvalue weighted by Crippen LogP contribution is 2.33. The molecule has 2 nitrogen and oxygen atoms in total. The Morgan fingerprint density at radius 3 is 2.33 bits per heavy atom. The molecule has 1 aromatic rings. The van der Waals surface area contributed by atoms with Gasteiger partial charge in [0.1, 0.15) is 0 Å². The van der Waals surface area contributed by atoms with Crippen molar-refractivity contribution in [3.63, 3.8) is 0 Å². The molecule has 0 fully saturated rings. The van der Waals surface area contributed by atoms with Crippen molar-refractivity contribution in [3.05, 3.63) is 35.9 Å². The zero-order valence-corrected chi connectivity index (χ0v) is 10.3. The molecule has 0 amide bonds. The van der Waals surface area contributed by atoms with E-state index in [0.29, 0.717) is 12.2 Å². The average Bonchev–Trinajstić information content (AvgIpc) is 2.17. The maximum absolute atomic E-state index is 11.5. The molecule has 1 aromatic carbocycles. The highest BCUT2D eigenvalue weighted by atomic mass is 32.3. The van der Waals surface area contributed by atoms with Crippen LogP contribution in [0.3, 0.4) is 0 Å². The Morgan fingerprint density at radius 2 is 1.80 bits per heavy atom. The summed E-state index contributed by atoms with van der Waals surface area (Å²) in [6, 6.07) is 9.10. The van der Waals surface area contributed by atoms with Gasteiger partial charge in [-0.15, -0.1) is 0 Å². The molecule has 0 aliphatic rings. The minimum absolute atomic E-state index is 0.223. The second-order valence-electron chi connectivity index (χ2n) is 4.30. The number of carbonyl (C=O) groups excluding carboxylic acids is 1. The molecule has 0 atom stereocenters. The first-order valence-electron chi connectivity index (χ1n) is 4.87. The zero-order valence-electron chi connectivity index (χ0n) is 9.53.